The SMILES string of the molecule is CCN(CC)C(=O)C1CCCN(C/C=C/c2ccc(N(C)C)cc2)C1. The maximum absolute atomic E-state index is 12.6. The molecular formula is C21H33N3O. The van der Waals surface area contributed by atoms with Crippen molar-refractivity contribution in [3.05, 3.63) is 35.9 Å². The molecule has 0 saturated carbocycles. The molecule has 0 N–H and O–H groups in total. The van der Waals surface area contributed by atoms with Crippen LogP contribution in [0.15, 0.2) is 30.3 Å². The summed E-state index contributed by atoms with van der Waals surface area (Å²) in [6.45, 7) is 8.64. The van der Waals surface area contributed by atoms with Crippen LogP contribution in [-0.4, -0.2) is 62.5 Å². The monoisotopic (exact) mass is 343 g/mol. The molecule has 0 bridgehead atoms. The van der Waals surface area contributed by atoms with Gasteiger partial charge in [-0.05, 0) is 50.9 Å². The quantitative estimate of drug-likeness (QED) is 0.760. The summed E-state index contributed by atoms with van der Waals surface area (Å²) in [5, 5.41) is 0. The minimum absolute atomic E-state index is 0.168. The second kappa shape index (κ2) is 9.62. The molecular weight excluding hydrogens is 310 g/mol. The molecule has 1 fully saturated rings. The van der Waals surface area contributed by atoms with Crippen LogP contribution in [0.4, 0.5) is 5.69 Å². The van der Waals surface area contributed by atoms with E-state index in [1.54, 1.807) is 0 Å². The normalized spacial score (nSPS) is 18.5. The van der Waals surface area contributed by atoms with E-state index in [9.17, 15) is 4.79 Å². The molecule has 1 amide bonds. The van der Waals surface area contributed by atoms with Crippen LogP contribution in [0, 0.1) is 5.92 Å². The number of benzene rings is 1. The molecule has 1 aromatic rings. The predicted molar refractivity (Wildman–Crippen MR) is 107 cm³/mol. The van der Waals surface area contributed by atoms with Gasteiger partial charge in [-0.2, -0.15) is 0 Å². The second-order valence-electron chi connectivity index (χ2n) is 7.00. The molecule has 0 aromatic heterocycles. The summed E-state index contributed by atoms with van der Waals surface area (Å²) in [5.74, 6) is 0.499. The van der Waals surface area contributed by atoms with Crippen LogP contribution in [-0.2, 0) is 4.79 Å². The van der Waals surface area contributed by atoms with Gasteiger partial charge in [-0.15, -0.1) is 0 Å². The number of rotatable bonds is 7. The third-order valence-electron chi connectivity index (χ3n) is 5.01. The minimum Gasteiger partial charge on any atom is -0.378 e. The summed E-state index contributed by atoms with van der Waals surface area (Å²) >= 11 is 0. The molecule has 1 atom stereocenters. The number of carbonyl (C=O) groups is 1. The van der Waals surface area contributed by atoms with E-state index in [-0.39, 0.29) is 5.92 Å². The van der Waals surface area contributed by atoms with E-state index in [2.05, 4.69) is 74.2 Å². The summed E-state index contributed by atoms with van der Waals surface area (Å²) in [4.78, 5) is 19.0. The average molecular weight is 344 g/mol. The Kier molecular flexibility index (Phi) is 7.51. The van der Waals surface area contributed by atoms with E-state index in [4.69, 9.17) is 0 Å². The molecule has 1 unspecified atom stereocenters. The molecule has 1 aliphatic rings. The third kappa shape index (κ3) is 5.60. The van der Waals surface area contributed by atoms with Crippen molar-refractivity contribution < 1.29 is 4.79 Å². The van der Waals surface area contributed by atoms with Gasteiger partial charge in [-0.1, -0.05) is 24.3 Å². The number of amides is 1. The first-order chi connectivity index (χ1) is 12.0. The smallest absolute Gasteiger partial charge is 0.226 e. The number of likely N-dealkylation sites (tertiary alicyclic amines) is 1. The molecule has 0 radical (unpaired) electrons. The molecule has 4 heteroatoms. The molecule has 0 aliphatic carbocycles. The topological polar surface area (TPSA) is 26.8 Å². The van der Waals surface area contributed by atoms with Gasteiger partial charge in [-0.25, -0.2) is 0 Å². The molecule has 1 aromatic carbocycles. The summed E-state index contributed by atoms with van der Waals surface area (Å²) in [5.41, 5.74) is 2.43. The lowest BCUT2D eigenvalue weighted by Crippen LogP contribution is -2.44. The van der Waals surface area contributed by atoms with Crippen molar-refractivity contribution in [2.45, 2.75) is 26.7 Å². The van der Waals surface area contributed by atoms with Crippen molar-refractivity contribution in [1.82, 2.24) is 9.80 Å². The molecule has 0 spiro atoms. The molecule has 1 saturated heterocycles. The average Bonchev–Trinajstić information content (AvgIpc) is 2.63. The van der Waals surface area contributed by atoms with E-state index in [1.165, 1.54) is 11.3 Å². The van der Waals surface area contributed by atoms with Gasteiger partial charge in [0, 0.05) is 46.0 Å². The number of piperidine rings is 1. The van der Waals surface area contributed by atoms with Crippen LogP contribution in [0.25, 0.3) is 6.08 Å². The highest BCUT2D eigenvalue weighted by Gasteiger charge is 2.27. The Morgan fingerprint density at radius 2 is 1.88 bits per heavy atom. The van der Waals surface area contributed by atoms with Gasteiger partial charge in [0.2, 0.25) is 5.91 Å². The van der Waals surface area contributed by atoms with Gasteiger partial charge in [0.05, 0.1) is 5.92 Å². The predicted octanol–water partition coefficient (Wildman–Crippen LogP) is 3.35. The zero-order valence-corrected chi connectivity index (χ0v) is 16.2. The van der Waals surface area contributed by atoms with Crippen LogP contribution in [0.5, 0.6) is 0 Å². The van der Waals surface area contributed by atoms with Crippen molar-refractivity contribution in [3.63, 3.8) is 0 Å². The minimum atomic E-state index is 0.168. The Hall–Kier alpha value is -1.81. The Morgan fingerprint density at radius 3 is 2.48 bits per heavy atom. The van der Waals surface area contributed by atoms with E-state index >= 15 is 0 Å². The molecule has 138 valence electrons. The maximum Gasteiger partial charge on any atom is 0.226 e. The first-order valence-electron chi connectivity index (χ1n) is 9.50. The zero-order chi connectivity index (χ0) is 18.2. The van der Waals surface area contributed by atoms with E-state index < -0.39 is 0 Å². The summed E-state index contributed by atoms with van der Waals surface area (Å²) in [6.07, 6.45) is 6.54. The van der Waals surface area contributed by atoms with Crippen LogP contribution >= 0.6 is 0 Å². The van der Waals surface area contributed by atoms with Crippen molar-refractivity contribution in [2.24, 2.45) is 5.92 Å². The Labute approximate surface area is 153 Å². The zero-order valence-electron chi connectivity index (χ0n) is 16.2. The number of hydrogen-bond acceptors (Lipinski definition) is 3. The lowest BCUT2D eigenvalue weighted by Gasteiger charge is -2.33. The van der Waals surface area contributed by atoms with Crippen molar-refractivity contribution in [1.29, 1.82) is 0 Å². The van der Waals surface area contributed by atoms with Crippen molar-refractivity contribution >= 4 is 17.7 Å². The number of carbonyl (C=O) groups excluding carboxylic acids is 1. The van der Waals surface area contributed by atoms with E-state index in [0.29, 0.717) is 5.91 Å². The lowest BCUT2D eigenvalue weighted by atomic mass is 9.96. The number of nitrogens with zero attached hydrogens (tertiary/aromatic N) is 3. The fraction of sp³-hybridized carbons (Fsp3) is 0.571. The largest absolute Gasteiger partial charge is 0.378 e. The van der Waals surface area contributed by atoms with E-state index in [1.807, 2.05) is 4.90 Å². The summed E-state index contributed by atoms with van der Waals surface area (Å²) in [6, 6.07) is 8.57. The first kappa shape index (κ1) is 19.5. The highest BCUT2D eigenvalue weighted by Crippen LogP contribution is 2.19. The van der Waals surface area contributed by atoms with Crippen LogP contribution in [0.3, 0.4) is 0 Å². The summed E-state index contributed by atoms with van der Waals surface area (Å²) < 4.78 is 0. The second-order valence-corrected chi connectivity index (χ2v) is 7.00. The van der Waals surface area contributed by atoms with Crippen LogP contribution in [0.1, 0.15) is 32.3 Å². The maximum atomic E-state index is 12.6. The van der Waals surface area contributed by atoms with Crippen molar-refractivity contribution in [3.8, 4) is 0 Å². The highest BCUT2D eigenvalue weighted by molar-refractivity contribution is 5.79. The first-order valence-corrected chi connectivity index (χ1v) is 9.50. The Balaban J connectivity index is 1.86. The van der Waals surface area contributed by atoms with Gasteiger partial charge >= 0.3 is 0 Å². The Morgan fingerprint density at radius 1 is 1.20 bits per heavy atom. The van der Waals surface area contributed by atoms with E-state index in [0.717, 1.165) is 45.6 Å². The van der Waals surface area contributed by atoms with Gasteiger partial charge in [0.1, 0.15) is 0 Å². The molecule has 1 heterocycles. The highest BCUT2D eigenvalue weighted by atomic mass is 16.2. The molecule has 1 aliphatic heterocycles. The summed E-state index contributed by atoms with van der Waals surface area (Å²) in [7, 11) is 4.11. The van der Waals surface area contributed by atoms with Gasteiger partial charge < -0.3 is 9.80 Å². The fourth-order valence-corrected chi connectivity index (χ4v) is 3.44. The fourth-order valence-electron chi connectivity index (χ4n) is 3.44. The van der Waals surface area contributed by atoms with Crippen LogP contribution < -0.4 is 4.90 Å². The lowest BCUT2D eigenvalue weighted by molar-refractivity contribution is -0.136. The molecule has 2 rings (SSSR count). The third-order valence-corrected chi connectivity index (χ3v) is 5.01. The van der Waals surface area contributed by atoms with Gasteiger partial charge in [0.15, 0.2) is 0 Å². The standard InChI is InChI=1S/C21H33N3O/c1-5-24(6-2)21(25)19-10-8-16-23(17-19)15-7-9-18-11-13-20(14-12-18)22(3)4/h7,9,11-14,19H,5-6,8,10,15-17H2,1-4H3/b9-7+. The molecule has 25 heavy (non-hydrogen) atoms. The molecule has 4 nitrogen and oxygen atoms in total. The number of anilines is 1. The van der Waals surface area contributed by atoms with Crippen molar-refractivity contribution in [2.75, 3.05) is 51.7 Å². The van der Waals surface area contributed by atoms with Crippen LogP contribution in [0.2, 0.25) is 0 Å². The number of hydrogen-bond donors (Lipinski definition) is 0. The Bertz CT molecular complexity index is 561. The van der Waals surface area contributed by atoms with Gasteiger partial charge in [-0.3, -0.25) is 9.69 Å². The van der Waals surface area contributed by atoms with Gasteiger partial charge in [0.25, 0.3) is 0 Å².